The fourth-order valence-corrected chi connectivity index (χ4v) is 1.46. The lowest BCUT2D eigenvalue weighted by Crippen LogP contribution is -2.31. The molecular weight excluding hydrogens is 180 g/mol. The summed E-state index contributed by atoms with van der Waals surface area (Å²) < 4.78 is 0. The molecule has 1 rings (SSSR count). The van der Waals surface area contributed by atoms with Gasteiger partial charge in [-0.25, -0.2) is 0 Å². The van der Waals surface area contributed by atoms with Crippen LogP contribution in [-0.2, 0) is 9.59 Å². The summed E-state index contributed by atoms with van der Waals surface area (Å²) >= 11 is 0. The molecule has 4 nitrogen and oxygen atoms in total. The molecule has 2 amide bonds. The molecule has 0 aliphatic carbocycles. The zero-order valence-corrected chi connectivity index (χ0v) is 9.46. The lowest BCUT2D eigenvalue weighted by atomic mass is 10.1. The van der Waals surface area contributed by atoms with E-state index in [4.69, 9.17) is 0 Å². The van der Waals surface area contributed by atoms with E-state index < -0.39 is 0 Å². The minimum Gasteiger partial charge on any atom is -0.359 e. The Morgan fingerprint density at radius 1 is 1.36 bits per heavy atom. The minimum absolute atomic E-state index is 0.00102. The van der Waals surface area contributed by atoms with E-state index in [9.17, 15) is 9.59 Å². The molecule has 0 saturated carbocycles. The van der Waals surface area contributed by atoms with Crippen LogP contribution in [0.15, 0.2) is 0 Å². The highest BCUT2D eigenvalue weighted by atomic mass is 16.2. The predicted molar refractivity (Wildman–Crippen MR) is 55.8 cm³/mol. The van der Waals surface area contributed by atoms with Gasteiger partial charge in [0.15, 0.2) is 0 Å². The van der Waals surface area contributed by atoms with Crippen molar-refractivity contribution in [1.82, 2.24) is 10.2 Å². The van der Waals surface area contributed by atoms with Crippen molar-refractivity contribution in [3.8, 4) is 0 Å². The summed E-state index contributed by atoms with van der Waals surface area (Å²) in [5.74, 6) is 0.0963. The Hall–Kier alpha value is -1.06. The summed E-state index contributed by atoms with van der Waals surface area (Å²) in [6, 6.07) is 0. The molecule has 1 atom stereocenters. The van der Waals surface area contributed by atoms with Crippen LogP contribution in [0.5, 0.6) is 0 Å². The summed E-state index contributed by atoms with van der Waals surface area (Å²) in [6.45, 7) is 6.83. The van der Waals surface area contributed by atoms with Crippen molar-refractivity contribution in [1.29, 1.82) is 0 Å². The van der Waals surface area contributed by atoms with E-state index >= 15 is 0 Å². The molecule has 0 spiro atoms. The van der Waals surface area contributed by atoms with E-state index in [2.05, 4.69) is 5.32 Å². The van der Waals surface area contributed by atoms with E-state index in [1.807, 2.05) is 13.8 Å². The van der Waals surface area contributed by atoms with Crippen LogP contribution in [0.3, 0.4) is 0 Å². The van der Waals surface area contributed by atoms with Crippen molar-refractivity contribution in [2.75, 3.05) is 20.1 Å². The third-order valence-electron chi connectivity index (χ3n) is 2.25. The lowest BCUT2D eigenvalue weighted by molar-refractivity contribution is -0.128. The number of nitrogens with one attached hydrogen (secondary N) is 1. The van der Waals surface area contributed by atoms with Gasteiger partial charge in [0.25, 0.3) is 0 Å². The monoisotopic (exact) mass is 200 g/mol. The molecule has 0 aromatic carbocycles. The Labute approximate surface area is 85.7 Å². The molecule has 82 valence electrons. The zero-order valence-electron chi connectivity index (χ0n) is 9.46. The van der Waals surface area contributed by atoms with Gasteiger partial charge in [0.05, 0.1) is 5.92 Å². The molecule has 0 radical (unpaired) electrons. The predicted octanol–water partition coefficient (Wildman–Crippen LogP) is 0.627. The normalized spacial score (nSPS) is 19.7. The third-order valence-corrected chi connectivity index (χ3v) is 2.25. The third kappa shape index (κ3) is 3.36. The second-order valence-corrected chi connectivity index (χ2v) is 3.06. The van der Waals surface area contributed by atoms with Crippen LogP contribution < -0.4 is 5.32 Å². The molecule has 4 heteroatoms. The summed E-state index contributed by atoms with van der Waals surface area (Å²) in [4.78, 5) is 23.7. The first-order valence-corrected chi connectivity index (χ1v) is 5.12. The number of hydrogen-bond acceptors (Lipinski definition) is 2. The number of hydrogen-bond donors (Lipinski definition) is 1. The molecule has 0 aromatic rings. The topological polar surface area (TPSA) is 49.4 Å². The van der Waals surface area contributed by atoms with E-state index in [0.717, 1.165) is 6.42 Å². The van der Waals surface area contributed by atoms with Crippen molar-refractivity contribution in [2.45, 2.75) is 27.2 Å². The van der Waals surface area contributed by atoms with Crippen LogP contribution in [-0.4, -0.2) is 36.9 Å². The van der Waals surface area contributed by atoms with E-state index in [1.54, 1.807) is 11.9 Å². The highest BCUT2D eigenvalue weighted by molar-refractivity contribution is 5.81. The highest BCUT2D eigenvalue weighted by Gasteiger charge is 2.28. The van der Waals surface area contributed by atoms with Crippen LogP contribution in [0.2, 0.25) is 0 Å². The average Bonchev–Trinajstić information content (AvgIpc) is 2.68. The maximum Gasteiger partial charge on any atom is 0.224 e. The van der Waals surface area contributed by atoms with Gasteiger partial charge in [-0.2, -0.15) is 0 Å². The first-order valence-electron chi connectivity index (χ1n) is 5.12. The van der Waals surface area contributed by atoms with Crippen molar-refractivity contribution < 1.29 is 9.59 Å². The van der Waals surface area contributed by atoms with Gasteiger partial charge < -0.3 is 10.2 Å². The molecule has 1 unspecified atom stereocenters. The fraction of sp³-hybridized carbons (Fsp3) is 0.800. The Morgan fingerprint density at radius 3 is 2.29 bits per heavy atom. The number of rotatable bonds is 1. The molecule has 1 aliphatic rings. The number of carbonyl (C=O) groups excluding carboxylic acids is 2. The van der Waals surface area contributed by atoms with Crippen molar-refractivity contribution in [3.63, 3.8) is 0 Å². The van der Waals surface area contributed by atoms with Gasteiger partial charge in [-0.15, -0.1) is 0 Å². The number of carbonyl (C=O) groups is 2. The fourth-order valence-electron chi connectivity index (χ4n) is 1.46. The van der Waals surface area contributed by atoms with Crippen LogP contribution in [0, 0.1) is 5.92 Å². The first kappa shape index (κ1) is 12.9. The number of amides is 2. The van der Waals surface area contributed by atoms with Gasteiger partial charge in [0, 0.05) is 27.1 Å². The zero-order chi connectivity index (χ0) is 11.1. The smallest absolute Gasteiger partial charge is 0.224 e. The largest absolute Gasteiger partial charge is 0.359 e. The SMILES string of the molecule is CC.CNC(=O)C1CCN(C(C)=O)C1. The molecule has 0 bridgehead atoms. The molecular formula is C10H20N2O2. The van der Waals surface area contributed by atoms with Crippen LogP contribution in [0.4, 0.5) is 0 Å². The number of likely N-dealkylation sites (tertiary alicyclic amines) is 1. The van der Waals surface area contributed by atoms with E-state index in [-0.39, 0.29) is 17.7 Å². The van der Waals surface area contributed by atoms with Gasteiger partial charge in [-0.3, -0.25) is 9.59 Å². The van der Waals surface area contributed by atoms with Crippen molar-refractivity contribution >= 4 is 11.8 Å². The van der Waals surface area contributed by atoms with Gasteiger partial charge in [-0.1, -0.05) is 13.8 Å². The Balaban J connectivity index is 0.000000791. The van der Waals surface area contributed by atoms with Crippen molar-refractivity contribution in [2.24, 2.45) is 5.92 Å². The van der Waals surface area contributed by atoms with Gasteiger partial charge in [0.1, 0.15) is 0 Å². The van der Waals surface area contributed by atoms with Crippen LogP contribution in [0.25, 0.3) is 0 Å². The molecule has 0 aromatic heterocycles. The Bertz CT molecular complexity index is 204. The summed E-state index contributed by atoms with van der Waals surface area (Å²) in [7, 11) is 1.62. The van der Waals surface area contributed by atoms with Crippen LogP contribution in [0.1, 0.15) is 27.2 Å². The molecule has 1 saturated heterocycles. The second kappa shape index (κ2) is 6.40. The quantitative estimate of drug-likeness (QED) is 0.675. The van der Waals surface area contributed by atoms with Gasteiger partial charge in [-0.05, 0) is 6.42 Å². The van der Waals surface area contributed by atoms with Gasteiger partial charge >= 0.3 is 0 Å². The molecule has 1 fully saturated rings. The molecule has 1 heterocycles. The summed E-state index contributed by atoms with van der Waals surface area (Å²) in [5, 5.41) is 2.59. The summed E-state index contributed by atoms with van der Waals surface area (Å²) in [6.07, 6.45) is 0.791. The summed E-state index contributed by atoms with van der Waals surface area (Å²) in [5.41, 5.74) is 0. The maximum atomic E-state index is 11.1. The highest BCUT2D eigenvalue weighted by Crippen LogP contribution is 2.15. The Kier molecular flexibility index (Phi) is 5.92. The van der Waals surface area contributed by atoms with Crippen molar-refractivity contribution in [3.05, 3.63) is 0 Å². The molecule has 1 N–H and O–H groups in total. The van der Waals surface area contributed by atoms with E-state index in [0.29, 0.717) is 13.1 Å². The second-order valence-electron chi connectivity index (χ2n) is 3.06. The first-order chi connectivity index (χ1) is 6.65. The molecule has 1 aliphatic heterocycles. The lowest BCUT2D eigenvalue weighted by Gasteiger charge is -2.12. The average molecular weight is 200 g/mol. The molecule has 14 heavy (non-hydrogen) atoms. The Morgan fingerprint density at radius 2 is 1.93 bits per heavy atom. The van der Waals surface area contributed by atoms with Crippen LogP contribution >= 0.6 is 0 Å². The standard InChI is InChI=1S/C8H14N2O2.C2H6/c1-6(11)10-4-3-7(5-10)8(12)9-2;1-2/h7H,3-5H2,1-2H3,(H,9,12);1-2H3. The van der Waals surface area contributed by atoms with Gasteiger partial charge in [0.2, 0.25) is 11.8 Å². The minimum atomic E-state index is -0.00102. The maximum absolute atomic E-state index is 11.1. The van der Waals surface area contributed by atoms with E-state index in [1.165, 1.54) is 6.92 Å². The number of nitrogens with zero attached hydrogens (tertiary/aromatic N) is 1.